The van der Waals surface area contributed by atoms with E-state index >= 15 is 0 Å². The van der Waals surface area contributed by atoms with Crippen LogP contribution in [0.4, 0.5) is 5.69 Å². The molecule has 0 aliphatic heterocycles. The molecule has 1 N–H and O–H groups in total. The van der Waals surface area contributed by atoms with Crippen LogP contribution in [0.25, 0.3) is 10.9 Å². The summed E-state index contributed by atoms with van der Waals surface area (Å²) in [6.45, 7) is -0.229. The number of ether oxygens (including phenoxy) is 1. The number of fused-ring (bicyclic) bond motifs is 1. The summed E-state index contributed by atoms with van der Waals surface area (Å²) in [5.41, 5.74) is 0.227. The summed E-state index contributed by atoms with van der Waals surface area (Å²) in [5, 5.41) is 3.32. The second-order valence-electron chi connectivity index (χ2n) is 7.21. The number of sulfone groups is 1. The van der Waals surface area contributed by atoms with Crippen LogP contribution in [0.2, 0.25) is 5.02 Å². The maximum Gasteiger partial charge on any atom is 0.244 e. The summed E-state index contributed by atoms with van der Waals surface area (Å²) in [5.74, 6) is -0.0233. The maximum absolute atomic E-state index is 13.3. The van der Waals surface area contributed by atoms with Gasteiger partial charge in [-0.15, -0.1) is 0 Å². The first kappa shape index (κ1) is 22.6. The lowest BCUT2D eigenvalue weighted by Gasteiger charge is -2.15. The number of hydrogen-bond acceptors (Lipinski definition) is 5. The van der Waals surface area contributed by atoms with E-state index in [1.54, 1.807) is 54.6 Å². The molecule has 4 aromatic rings. The van der Waals surface area contributed by atoms with Crippen molar-refractivity contribution >= 4 is 43.9 Å². The van der Waals surface area contributed by atoms with Crippen LogP contribution >= 0.6 is 11.6 Å². The predicted molar refractivity (Wildman–Crippen MR) is 127 cm³/mol. The Bertz CT molecular complexity index is 1520. The Morgan fingerprint density at radius 1 is 1.03 bits per heavy atom. The number of pyridine rings is 1. The van der Waals surface area contributed by atoms with E-state index in [1.807, 2.05) is 0 Å². The first-order chi connectivity index (χ1) is 15.8. The van der Waals surface area contributed by atoms with Crippen molar-refractivity contribution in [3.63, 3.8) is 0 Å². The molecule has 1 heterocycles. The number of anilines is 1. The van der Waals surface area contributed by atoms with Crippen LogP contribution < -0.4 is 15.5 Å². The lowest BCUT2D eigenvalue weighted by atomic mass is 10.2. The molecule has 0 radical (unpaired) electrons. The molecule has 0 saturated carbocycles. The summed E-state index contributed by atoms with van der Waals surface area (Å²) in [4.78, 5) is 25.5. The van der Waals surface area contributed by atoms with Crippen LogP contribution in [0.15, 0.2) is 93.6 Å². The molecule has 168 valence electrons. The minimum absolute atomic E-state index is 0.0146. The van der Waals surface area contributed by atoms with Crippen LogP contribution in [-0.4, -0.2) is 26.0 Å². The van der Waals surface area contributed by atoms with E-state index in [-0.39, 0.29) is 16.8 Å². The normalized spacial score (nSPS) is 11.3. The lowest BCUT2D eigenvalue weighted by molar-refractivity contribution is -0.116. The van der Waals surface area contributed by atoms with Gasteiger partial charge in [0.1, 0.15) is 17.2 Å². The van der Waals surface area contributed by atoms with E-state index in [1.165, 1.54) is 36.1 Å². The number of carbonyl (C=O) groups excluding carboxylic acids is 1. The highest BCUT2D eigenvalue weighted by Crippen LogP contribution is 2.24. The summed E-state index contributed by atoms with van der Waals surface area (Å²) < 4.78 is 33.2. The topological polar surface area (TPSA) is 94.5 Å². The van der Waals surface area contributed by atoms with E-state index in [9.17, 15) is 18.0 Å². The van der Waals surface area contributed by atoms with E-state index in [0.29, 0.717) is 22.0 Å². The van der Waals surface area contributed by atoms with Gasteiger partial charge in [-0.05, 0) is 48.5 Å². The first-order valence-electron chi connectivity index (χ1n) is 9.86. The fourth-order valence-electron chi connectivity index (χ4n) is 3.45. The van der Waals surface area contributed by atoms with Gasteiger partial charge in [-0.1, -0.05) is 35.9 Å². The van der Waals surface area contributed by atoms with Crippen LogP contribution in [0.5, 0.6) is 5.75 Å². The number of rotatable bonds is 6. The number of amides is 1. The molecule has 0 spiro atoms. The van der Waals surface area contributed by atoms with E-state index < -0.39 is 26.1 Å². The Morgan fingerprint density at radius 2 is 1.79 bits per heavy atom. The summed E-state index contributed by atoms with van der Waals surface area (Å²) in [7, 11) is -2.68. The molecule has 7 nitrogen and oxygen atoms in total. The molecule has 0 unspecified atom stereocenters. The standard InChI is InChI=1S/C24H19ClN2O5S/c1-32-18-10-11-21-20(13-18)24(29)22(33(30,31)19-8-3-2-4-9-19)14-27(21)15-23(28)26-17-7-5-6-16(25)12-17/h2-14H,15H2,1H3,(H,26,28). The van der Waals surface area contributed by atoms with E-state index in [2.05, 4.69) is 5.32 Å². The van der Waals surface area contributed by atoms with Gasteiger partial charge >= 0.3 is 0 Å². The van der Waals surface area contributed by atoms with Crippen molar-refractivity contribution in [2.45, 2.75) is 16.3 Å². The van der Waals surface area contributed by atoms with E-state index in [0.717, 1.165) is 0 Å². The third kappa shape index (κ3) is 4.62. The number of methoxy groups -OCH3 is 1. The van der Waals surface area contributed by atoms with Crippen molar-refractivity contribution in [2.24, 2.45) is 0 Å². The van der Waals surface area contributed by atoms with Crippen molar-refractivity contribution in [3.8, 4) is 5.75 Å². The molecular weight excluding hydrogens is 464 g/mol. The van der Waals surface area contributed by atoms with Gasteiger partial charge in [-0.3, -0.25) is 9.59 Å². The second kappa shape index (κ2) is 9.09. The molecule has 0 fully saturated rings. The number of nitrogens with zero attached hydrogens (tertiary/aromatic N) is 1. The SMILES string of the molecule is COc1ccc2c(c1)c(=O)c(S(=O)(=O)c1ccccc1)cn2CC(=O)Nc1cccc(Cl)c1. The number of halogens is 1. The zero-order valence-electron chi connectivity index (χ0n) is 17.5. The van der Waals surface area contributed by atoms with Crippen molar-refractivity contribution in [3.05, 3.63) is 94.2 Å². The average Bonchev–Trinajstić information content (AvgIpc) is 2.81. The molecule has 33 heavy (non-hydrogen) atoms. The largest absolute Gasteiger partial charge is 0.497 e. The molecule has 0 aliphatic carbocycles. The molecule has 9 heteroatoms. The number of aromatic nitrogens is 1. The molecule has 3 aromatic carbocycles. The van der Waals surface area contributed by atoms with Crippen LogP contribution in [0.3, 0.4) is 0 Å². The third-order valence-corrected chi connectivity index (χ3v) is 7.02. The fraction of sp³-hybridized carbons (Fsp3) is 0.0833. The van der Waals surface area contributed by atoms with Crippen molar-refractivity contribution in [1.82, 2.24) is 4.57 Å². The van der Waals surface area contributed by atoms with Gasteiger partial charge in [-0.25, -0.2) is 8.42 Å². The van der Waals surface area contributed by atoms with Crippen molar-refractivity contribution in [1.29, 1.82) is 0 Å². The number of hydrogen-bond donors (Lipinski definition) is 1. The maximum atomic E-state index is 13.3. The summed E-state index contributed by atoms with van der Waals surface area (Å²) >= 11 is 5.97. The highest BCUT2D eigenvalue weighted by molar-refractivity contribution is 7.91. The second-order valence-corrected chi connectivity index (χ2v) is 9.56. The quantitative estimate of drug-likeness (QED) is 0.446. The molecule has 0 aliphatic rings. The Hall–Kier alpha value is -3.62. The van der Waals surface area contributed by atoms with Gasteiger partial charge in [0.2, 0.25) is 21.2 Å². The van der Waals surface area contributed by atoms with Gasteiger partial charge in [0.25, 0.3) is 0 Å². The third-order valence-electron chi connectivity index (χ3n) is 5.02. The molecule has 0 saturated heterocycles. The lowest BCUT2D eigenvalue weighted by Crippen LogP contribution is -2.24. The Kier molecular flexibility index (Phi) is 6.22. The number of benzene rings is 3. The molecular formula is C24H19ClN2O5S. The smallest absolute Gasteiger partial charge is 0.244 e. The zero-order chi connectivity index (χ0) is 23.6. The highest BCUT2D eigenvalue weighted by Gasteiger charge is 2.24. The minimum Gasteiger partial charge on any atom is -0.497 e. The Morgan fingerprint density at radius 3 is 2.48 bits per heavy atom. The van der Waals surface area contributed by atoms with Gasteiger partial charge < -0.3 is 14.6 Å². The molecule has 0 atom stereocenters. The molecule has 0 bridgehead atoms. The van der Waals surface area contributed by atoms with Gasteiger partial charge in [0.05, 0.1) is 22.9 Å². The first-order valence-corrected chi connectivity index (χ1v) is 11.7. The van der Waals surface area contributed by atoms with Crippen LogP contribution in [-0.2, 0) is 21.2 Å². The Labute approximate surface area is 195 Å². The molecule has 1 amide bonds. The van der Waals surface area contributed by atoms with Gasteiger partial charge in [-0.2, -0.15) is 0 Å². The van der Waals surface area contributed by atoms with Crippen molar-refractivity contribution < 1.29 is 17.9 Å². The fourth-order valence-corrected chi connectivity index (χ4v) is 5.03. The Balaban J connectivity index is 1.84. The average molecular weight is 483 g/mol. The van der Waals surface area contributed by atoms with Crippen molar-refractivity contribution in [2.75, 3.05) is 12.4 Å². The molecule has 4 rings (SSSR count). The zero-order valence-corrected chi connectivity index (χ0v) is 19.1. The summed E-state index contributed by atoms with van der Waals surface area (Å²) in [6.07, 6.45) is 1.21. The van der Waals surface area contributed by atoms with Gasteiger partial charge in [0.15, 0.2) is 0 Å². The molecule has 1 aromatic heterocycles. The number of carbonyl (C=O) groups is 1. The predicted octanol–water partition coefficient (Wildman–Crippen LogP) is 4.14. The van der Waals surface area contributed by atoms with Crippen LogP contribution in [0, 0.1) is 0 Å². The monoisotopic (exact) mass is 482 g/mol. The number of nitrogens with one attached hydrogen (secondary N) is 1. The van der Waals surface area contributed by atoms with Gasteiger partial charge in [0, 0.05) is 16.9 Å². The highest BCUT2D eigenvalue weighted by atomic mass is 35.5. The van der Waals surface area contributed by atoms with Crippen LogP contribution in [0.1, 0.15) is 0 Å². The van der Waals surface area contributed by atoms with E-state index in [4.69, 9.17) is 16.3 Å². The minimum atomic E-state index is -4.13. The summed E-state index contributed by atoms with van der Waals surface area (Å²) in [6, 6.07) is 19.0.